The zero-order valence-corrected chi connectivity index (χ0v) is 12.5. The van der Waals surface area contributed by atoms with E-state index >= 15 is 0 Å². The first-order valence-corrected chi connectivity index (χ1v) is 7.82. The van der Waals surface area contributed by atoms with Crippen molar-refractivity contribution < 1.29 is 27.9 Å². The minimum absolute atomic E-state index is 0.174. The molecule has 9 heteroatoms. The van der Waals surface area contributed by atoms with E-state index in [9.17, 15) is 22.8 Å². The second-order valence-corrected chi connectivity index (χ2v) is 6.95. The molecule has 0 rings (SSSR count). The molecule has 0 fully saturated rings. The van der Waals surface area contributed by atoms with Gasteiger partial charge in [-0.1, -0.05) is 13.8 Å². The first-order chi connectivity index (χ1) is 9.03. The maximum absolute atomic E-state index is 11.7. The first-order valence-electron chi connectivity index (χ1n) is 6.00. The van der Waals surface area contributed by atoms with Crippen LogP contribution < -0.4 is 10.6 Å². The zero-order valence-electron chi connectivity index (χ0n) is 11.7. The number of carbonyl (C=O) groups excluding carboxylic acids is 2. The molecule has 0 aliphatic heterocycles. The summed E-state index contributed by atoms with van der Waals surface area (Å²) >= 11 is 0. The van der Waals surface area contributed by atoms with Crippen molar-refractivity contribution in [3.63, 3.8) is 0 Å². The minimum atomic E-state index is -3.93. The molecule has 0 bridgehead atoms. The van der Waals surface area contributed by atoms with Crippen LogP contribution in [0.3, 0.4) is 0 Å². The van der Waals surface area contributed by atoms with Gasteiger partial charge in [0.2, 0.25) is 11.8 Å². The third-order valence-electron chi connectivity index (χ3n) is 2.15. The van der Waals surface area contributed by atoms with Gasteiger partial charge in [-0.15, -0.1) is 0 Å². The van der Waals surface area contributed by atoms with E-state index in [4.69, 9.17) is 5.11 Å². The Morgan fingerprint density at radius 1 is 1.20 bits per heavy atom. The molecule has 0 unspecified atom stereocenters. The summed E-state index contributed by atoms with van der Waals surface area (Å²) in [7, 11) is -3.93. The van der Waals surface area contributed by atoms with Gasteiger partial charge in [-0.3, -0.25) is 9.59 Å². The van der Waals surface area contributed by atoms with Gasteiger partial charge in [-0.2, -0.15) is 0 Å². The molecule has 0 aromatic rings. The van der Waals surface area contributed by atoms with E-state index in [-0.39, 0.29) is 5.92 Å². The minimum Gasteiger partial charge on any atom is -0.480 e. The van der Waals surface area contributed by atoms with Gasteiger partial charge in [-0.05, 0) is 5.92 Å². The summed E-state index contributed by atoms with van der Waals surface area (Å²) < 4.78 is 23.4. The number of carboxylic acids is 1. The van der Waals surface area contributed by atoms with E-state index in [2.05, 4.69) is 5.32 Å². The molecule has 0 heterocycles. The molecule has 0 saturated carbocycles. The third-order valence-corrected chi connectivity index (χ3v) is 3.70. The van der Waals surface area contributed by atoms with Crippen LogP contribution in [-0.4, -0.2) is 55.4 Å². The molecule has 0 aliphatic rings. The molecule has 20 heavy (non-hydrogen) atoms. The average molecular weight is 308 g/mol. The standard InChI is InChI=1S/C11H20N2O6S/c1-7(2)4-12-10(15)6-20(18,19)5-9(11(16)17)13-8(3)14/h7,9H,4-6H2,1-3H3,(H,12,15)(H,13,14)(H,16,17)/t9-/m0/s1. The summed E-state index contributed by atoms with van der Waals surface area (Å²) in [5.41, 5.74) is 0. The highest BCUT2D eigenvalue weighted by Crippen LogP contribution is 1.97. The maximum Gasteiger partial charge on any atom is 0.327 e. The Labute approximate surface area is 117 Å². The van der Waals surface area contributed by atoms with Crippen molar-refractivity contribution in [1.29, 1.82) is 0 Å². The fourth-order valence-electron chi connectivity index (χ4n) is 1.30. The highest BCUT2D eigenvalue weighted by Gasteiger charge is 2.27. The van der Waals surface area contributed by atoms with Gasteiger partial charge < -0.3 is 15.7 Å². The number of nitrogens with one attached hydrogen (secondary N) is 2. The first kappa shape index (κ1) is 18.4. The Morgan fingerprint density at radius 2 is 1.75 bits per heavy atom. The molecular formula is C11H20N2O6S. The molecule has 0 spiro atoms. The molecule has 0 saturated heterocycles. The fraction of sp³-hybridized carbons (Fsp3) is 0.727. The van der Waals surface area contributed by atoms with E-state index in [0.717, 1.165) is 6.92 Å². The van der Waals surface area contributed by atoms with E-state index in [1.54, 1.807) is 0 Å². The average Bonchev–Trinajstić information content (AvgIpc) is 2.23. The lowest BCUT2D eigenvalue weighted by Crippen LogP contribution is -2.46. The molecule has 0 aromatic carbocycles. The molecule has 0 radical (unpaired) electrons. The largest absolute Gasteiger partial charge is 0.480 e. The van der Waals surface area contributed by atoms with Gasteiger partial charge in [0.05, 0.1) is 5.75 Å². The summed E-state index contributed by atoms with van der Waals surface area (Å²) in [6, 6.07) is -1.56. The fourth-order valence-corrected chi connectivity index (χ4v) is 2.65. The molecule has 8 nitrogen and oxygen atoms in total. The Morgan fingerprint density at radius 3 is 2.15 bits per heavy atom. The van der Waals surface area contributed by atoms with Gasteiger partial charge in [0, 0.05) is 13.5 Å². The monoisotopic (exact) mass is 308 g/mol. The number of aliphatic carboxylic acids is 1. The second-order valence-electron chi connectivity index (χ2n) is 4.84. The Hall–Kier alpha value is -1.64. The number of rotatable bonds is 8. The maximum atomic E-state index is 11.7. The Bertz CT molecular complexity index is 471. The molecule has 3 N–H and O–H groups in total. The van der Waals surface area contributed by atoms with Crippen LogP contribution in [-0.2, 0) is 24.2 Å². The van der Waals surface area contributed by atoms with E-state index in [1.165, 1.54) is 0 Å². The molecule has 0 aliphatic carbocycles. The Balaban J connectivity index is 4.59. The highest BCUT2D eigenvalue weighted by molar-refractivity contribution is 7.92. The smallest absolute Gasteiger partial charge is 0.327 e. The topological polar surface area (TPSA) is 130 Å². The summed E-state index contributed by atoms with van der Waals surface area (Å²) in [6.07, 6.45) is 0. The SMILES string of the molecule is CC(=O)N[C@@H](CS(=O)(=O)CC(=O)NCC(C)C)C(=O)O. The number of sulfone groups is 1. The van der Waals surface area contributed by atoms with Gasteiger partial charge in [0.1, 0.15) is 11.8 Å². The molecule has 1 atom stereocenters. The van der Waals surface area contributed by atoms with E-state index in [0.29, 0.717) is 6.54 Å². The van der Waals surface area contributed by atoms with E-state index < -0.39 is 45.2 Å². The van der Waals surface area contributed by atoms with Crippen molar-refractivity contribution in [3.05, 3.63) is 0 Å². The second kappa shape index (κ2) is 7.83. The van der Waals surface area contributed by atoms with Gasteiger partial charge in [-0.25, -0.2) is 13.2 Å². The van der Waals surface area contributed by atoms with Crippen LogP contribution in [0.5, 0.6) is 0 Å². The van der Waals surface area contributed by atoms with Gasteiger partial charge >= 0.3 is 5.97 Å². The quantitative estimate of drug-likeness (QED) is 0.514. The number of hydrogen-bond donors (Lipinski definition) is 3. The molecule has 0 aromatic heterocycles. The summed E-state index contributed by atoms with van der Waals surface area (Å²) in [4.78, 5) is 33.0. The summed E-state index contributed by atoms with van der Waals surface area (Å²) in [6.45, 7) is 5.12. The van der Waals surface area contributed by atoms with Gasteiger partial charge in [0.25, 0.3) is 0 Å². The van der Waals surface area contributed by atoms with Crippen molar-refractivity contribution in [2.75, 3.05) is 18.1 Å². The third kappa shape index (κ3) is 8.46. The number of carbonyl (C=O) groups is 3. The normalized spacial score (nSPS) is 12.8. The highest BCUT2D eigenvalue weighted by atomic mass is 32.2. The van der Waals surface area contributed by atoms with Gasteiger partial charge in [0.15, 0.2) is 9.84 Å². The molecular weight excluding hydrogens is 288 g/mol. The predicted molar refractivity (Wildman–Crippen MR) is 71.7 cm³/mol. The van der Waals surface area contributed by atoms with Crippen LogP contribution in [0.2, 0.25) is 0 Å². The van der Waals surface area contributed by atoms with Crippen LogP contribution in [0.4, 0.5) is 0 Å². The summed E-state index contributed by atoms with van der Waals surface area (Å²) in [5.74, 6) is -4.26. The molecule has 2 amide bonds. The van der Waals surface area contributed by atoms with E-state index in [1.807, 2.05) is 19.2 Å². The van der Waals surface area contributed by atoms with Crippen molar-refractivity contribution in [2.45, 2.75) is 26.8 Å². The molecule has 116 valence electrons. The van der Waals surface area contributed by atoms with Crippen molar-refractivity contribution in [3.8, 4) is 0 Å². The van der Waals surface area contributed by atoms with Crippen LogP contribution >= 0.6 is 0 Å². The lowest BCUT2D eigenvalue weighted by Gasteiger charge is -2.13. The van der Waals surface area contributed by atoms with Crippen LogP contribution in [0.25, 0.3) is 0 Å². The zero-order chi connectivity index (χ0) is 15.9. The lowest BCUT2D eigenvalue weighted by atomic mass is 10.2. The predicted octanol–water partition coefficient (Wildman–Crippen LogP) is -1.24. The van der Waals surface area contributed by atoms with Crippen molar-refractivity contribution in [1.82, 2.24) is 10.6 Å². The van der Waals surface area contributed by atoms with Crippen LogP contribution in [0.15, 0.2) is 0 Å². The van der Waals surface area contributed by atoms with Crippen LogP contribution in [0, 0.1) is 5.92 Å². The summed E-state index contributed by atoms with van der Waals surface area (Å²) in [5, 5.41) is 13.3. The van der Waals surface area contributed by atoms with Crippen molar-refractivity contribution >= 4 is 27.6 Å². The lowest BCUT2D eigenvalue weighted by molar-refractivity contribution is -0.140. The number of carboxylic acid groups (broad SMARTS) is 1. The van der Waals surface area contributed by atoms with Crippen LogP contribution in [0.1, 0.15) is 20.8 Å². The van der Waals surface area contributed by atoms with Crippen molar-refractivity contribution in [2.24, 2.45) is 5.92 Å². The number of hydrogen-bond acceptors (Lipinski definition) is 5. The Kier molecular flexibility index (Phi) is 7.19. The number of amides is 2.